The number of guanidine groups is 1. The number of imidazole rings is 1. The topological polar surface area (TPSA) is 287 Å². The van der Waals surface area contributed by atoms with Crippen molar-refractivity contribution in [3.05, 3.63) is 54.1 Å². The maximum atomic E-state index is 13.4. The summed E-state index contributed by atoms with van der Waals surface area (Å²) in [5.41, 5.74) is 22.7. The highest BCUT2D eigenvalue weighted by atomic mass is 16.4. The molecule has 16 heteroatoms. The normalized spacial score (nSPS) is 13.6. The van der Waals surface area contributed by atoms with Crippen LogP contribution in [0.2, 0.25) is 0 Å². The maximum Gasteiger partial charge on any atom is 0.326 e. The molecule has 4 atom stereocenters. The highest BCUT2D eigenvalue weighted by molar-refractivity contribution is 5.95. The maximum absolute atomic E-state index is 13.4. The number of aliphatic carboxylic acids is 1. The largest absolute Gasteiger partial charge is 0.480 e. The second-order valence-corrected chi connectivity index (χ2v) is 9.22. The van der Waals surface area contributed by atoms with Gasteiger partial charge < -0.3 is 49.0 Å². The van der Waals surface area contributed by atoms with Crippen molar-refractivity contribution in [3.63, 3.8) is 0 Å². The van der Waals surface area contributed by atoms with Gasteiger partial charge in [-0.05, 0) is 18.4 Å². The average molecular weight is 573 g/mol. The van der Waals surface area contributed by atoms with Crippen molar-refractivity contribution in [2.45, 2.75) is 56.3 Å². The van der Waals surface area contributed by atoms with Crippen molar-refractivity contribution in [1.82, 2.24) is 25.9 Å². The monoisotopic (exact) mass is 572 g/mol. The first-order chi connectivity index (χ1) is 19.5. The van der Waals surface area contributed by atoms with E-state index in [4.69, 9.17) is 22.9 Å². The SMILES string of the molecule is NC(=O)CC(N)C(=O)NC(CCCN=C(N)N)C(=O)NC(Cc1ccccc1)C(=O)NC(Cc1cnc[nH]1)C(=O)O. The van der Waals surface area contributed by atoms with Crippen molar-refractivity contribution in [2.75, 3.05) is 6.54 Å². The molecule has 0 saturated carbocycles. The van der Waals surface area contributed by atoms with E-state index in [9.17, 15) is 29.1 Å². The molecule has 0 bridgehead atoms. The molecule has 4 amide bonds. The van der Waals surface area contributed by atoms with E-state index < -0.39 is 60.2 Å². The van der Waals surface area contributed by atoms with Gasteiger partial charge in [-0.1, -0.05) is 30.3 Å². The van der Waals surface area contributed by atoms with Crippen LogP contribution in [-0.2, 0) is 36.8 Å². The number of carboxylic acids is 1. The summed E-state index contributed by atoms with van der Waals surface area (Å²) in [5, 5.41) is 17.2. The minimum absolute atomic E-state index is 0.0185. The lowest BCUT2D eigenvalue weighted by atomic mass is 10.0. The van der Waals surface area contributed by atoms with Gasteiger partial charge in [0.2, 0.25) is 23.6 Å². The number of carboxylic acid groups (broad SMARTS) is 1. The van der Waals surface area contributed by atoms with Gasteiger partial charge in [0.05, 0.1) is 18.8 Å². The zero-order valence-corrected chi connectivity index (χ0v) is 22.3. The Morgan fingerprint density at radius 3 is 2.12 bits per heavy atom. The van der Waals surface area contributed by atoms with E-state index in [-0.39, 0.29) is 38.2 Å². The molecule has 0 aliphatic rings. The van der Waals surface area contributed by atoms with Crippen molar-refractivity contribution < 1.29 is 29.1 Å². The standard InChI is InChI=1S/C25H36N10O6/c26-16(11-20(27)36)21(37)33-17(7-4-8-31-25(28)29)22(38)34-18(9-14-5-2-1-3-6-14)23(39)35-19(24(40)41)10-15-12-30-13-32-15/h1-3,5-6,12-13,16-19H,4,7-11,26H2,(H2,27,36)(H,30,32)(H,33,37)(H,34,38)(H,35,39)(H,40,41)(H4,28,29,31). The third-order valence-electron chi connectivity index (χ3n) is 5.85. The van der Waals surface area contributed by atoms with E-state index in [1.54, 1.807) is 30.3 Å². The molecule has 222 valence electrons. The van der Waals surface area contributed by atoms with Crippen molar-refractivity contribution in [2.24, 2.45) is 27.9 Å². The zero-order chi connectivity index (χ0) is 30.4. The first kappa shape index (κ1) is 32.2. The van der Waals surface area contributed by atoms with Gasteiger partial charge in [0, 0.05) is 31.3 Å². The summed E-state index contributed by atoms with van der Waals surface area (Å²) in [6.45, 7) is 0.150. The molecule has 0 aliphatic carbocycles. The van der Waals surface area contributed by atoms with Crippen LogP contribution in [0, 0.1) is 0 Å². The summed E-state index contributed by atoms with van der Waals surface area (Å²) < 4.78 is 0. The highest BCUT2D eigenvalue weighted by Gasteiger charge is 2.31. The number of aliphatic imine (C=N–C) groups is 1. The number of primary amides is 1. The second-order valence-electron chi connectivity index (χ2n) is 9.22. The Balaban J connectivity index is 2.25. The molecule has 1 heterocycles. The van der Waals surface area contributed by atoms with Gasteiger partial charge in [0.1, 0.15) is 18.1 Å². The highest BCUT2D eigenvalue weighted by Crippen LogP contribution is 2.08. The summed E-state index contributed by atoms with van der Waals surface area (Å²) >= 11 is 0. The molecular weight excluding hydrogens is 536 g/mol. The number of carbonyl (C=O) groups excluding carboxylic acids is 4. The van der Waals surface area contributed by atoms with Crippen LogP contribution in [0.15, 0.2) is 47.8 Å². The summed E-state index contributed by atoms with van der Waals surface area (Å²) in [6.07, 6.45) is 2.63. The molecule has 0 spiro atoms. The summed E-state index contributed by atoms with van der Waals surface area (Å²) in [4.78, 5) is 72.8. The number of amides is 4. The Hall–Kier alpha value is -4.99. The number of benzene rings is 1. The Morgan fingerprint density at radius 1 is 0.902 bits per heavy atom. The van der Waals surface area contributed by atoms with Gasteiger partial charge >= 0.3 is 5.97 Å². The molecule has 16 nitrogen and oxygen atoms in total. The Labute approximate surface area is 235 Å². The van der Waals surface area contributed by atoms with Gasteiger partial charge in [-0.3, -0.25) is 24.2 Å². The minimum atomic E-state index is -1.32. The average Bonchev–Trinajstić information content (AvgIpc) is 3.42. The fourth-order valence-corrected chi connectivity index (χ4v) is 3.78. The zero-order valence-electron chi connectivity index (χ0n) is 22.3. The number of nitrogens with two attached hydrogens (primary N) is 4. The van der Waals surface area contributed by atoms with E-state index >= 15 is 0 Å². The van der Waals surface area contributed by atoms with Crippen LogP contribution in [0.3, 0.4) is 0 Å². The Bertz CT molecular complexity index is 1200. The molecule has 0 saturated heterocycles. The van der Waals surface area contributed by atoms with Crippen LogP contribution in [0.5, 0.6) is 0 Å². The number of carbonyl (C=O) groups is 5. The first-order valence-corrected chi connectivity index (χ1v) is 12.7. The Morgan fingerprint density at radius 2 is 1.54 bits per heavy atom. The van der Waals surface area contributed by atoms with Crippen molar-refractivity contribution in [1.29, 1.82) is 0 Å². The van der Waals surface area contributed by atoms with Gasteiger partial charge in [-0.25, -0.2) is 9.78 Å². The van der Waals surface area contributed by atoms with Gasteiger partial charge in [-0.2, -0.15) is 0 Å². The molecule has 13 N–H and O–H groups in total. The third-order valence-corrected chi connectivity index (χ3v) is 5.85. The molecule has 41 heavy (non-hydrogen) atoms. The smallest absolute Gasteiger partial charge is 0.326 e. The number of aromatic amines is 1. The third kappa shape index (κ3) is 11.7. The van der Waals surface area contributed by atoms with E-state index in [1.165, 1.54) is 12.5 Å². The fourth-order valence-electron chi connectivity index (χ4n) is 3.78. The van der Waals surface area contributed by atoms with Crippen molar-refractivity contribution in [3.8, 4) is 0 Å². The number of H-pyrrole nitrogens is 1. The number of hydrogen-bond donors (Lipinski definition) is 9. The molecule has 2 aromatic rings. The minimum Gasteiger partial charge on any atom is -0.480 e. The Kier molecular flexibility index (Phi) is 12.7. The van der Waals surface area contributed by atoms with Gasteiger partial charge in [-0.15, -0.1) is 0 Å². The van der Waals surface area contributed by atoms with Gasteiger partial charge in [0.15, 0.2) is 5.96 Å². The lowest BCUT2D eigenvalue weighted by Gasteiger charge is -2.25. The first-order valence-electron chi connectivity index (χ1n) is 12.7. The second kappa shape index (κ2) is 16.2. The molecule has 0 radical (unpaired) electrons. The van der Waals surface area contributed by atoms with E-state index in [2.05, 4.69) is 30.9 Å². The van der Waals surface area contributed by atoms with Crippen molar-refractivity contribution >= 4 is 35.6 Å². The predicted molar refractivity (Wildman–Crippen MR) is 148 cm³/mol. The van der Waals surface area contributed by atoms with Crippen LogP contribution in [-0.4, -0.2) is 81.3 Å². The molecule has 2 rings (SSSR count). The molecule has 0 aliphatic heterocycles. The summed E-state index contributed by atoms with van der Waals surface area (Å²) in [5.74, 6) is -4.55. The number of nitrogens with zero attached hydrogens (tertiary/aromatic N) is 2. The lowest BCUT2D eigenvalue weighted by molar-refractivity contribution is -0.142. The molecular formula is C25H36N10O6. The van der Waals surface area contributed by atoms with Crippen LogP contribution in [0.25, 0.3) is 0 Å². The van der Waals surface area contributed by atoms with E-state index in [0.717, 1.165) is 0 Å². The number of nitrogens with one attached hydrogen (secondary N) is 4. The van der Waals surface area contributed by atoms with Crippen LogP contribution in [0.1, 0.15) is 30.5 Å². The van der Waals surface area contributed by atoms with Crippen LogP contribution < -0.4 is 38.9 Å². The number of hydrogen-bond acceptors (Lipinski definition) is 8. The van der Waals surface area contributed by atoms with E-state index in [1.807, 2.05) is 0 Å². The molecule has 0 fully saturated rings. The number of rotatable bonds is 17. The van der Waals surface area contributed by atoms with Crippen LogP contribution >= 0.6 is 0 Å². The predicted octanol–water partition coefficient (Wildman–Crippen LogP) is -3.01. The lowest BCUT2D eigenvalue weighted by Crippen LogP contribution is -2.58. The quantitative estimate of drug-likeness (QED) is 0.0525. The van der Waals surface area contributed by atoms with E-state index in [0.29, 0.717) is 11.3 Å². The van der Waals surface area contributed by atoms with Gasteiger partial charge in [0.25, 0.3) is 0 Å². The molecule has 1 aromatic heterocycles. The molecule has 4 unspecified atom stereocenters. The summed E-state index contributed by atoms with van der Waals surface area (Å²) in [6, 6.07) is 3.72. The molecule has 1 aromatic carbocycles. The number of aromatic nitrogens is 2. The van der Waals surface area contributed by atoms with Crippen LogP contribution in [0.4, 0.5) is 0 Å². The fraction of sp³-hybridized carbons (Fsp3) is 0.400. The summed E-state index contributed by atoms with van der Waals surface area (Å²) in [7, 11) is 0.